The van der Waals surface area contributed by atoms with E-state index < -0.39 is 5.91 Å². The molecule has 1 fully saturated rings. The molecule has 0 saturated heterocycles. The molecule has 0 spiro atoms. The quantitative estimate of drug-likeness (QED) is 0.594. The fraction of sp³-hybridized carbons (Fsp3) is 0.391. The number of hydrogen-bond donors (Lipinski definition) is 2. The Morgan fingerprint density at radius 1 is 1.19 bits per heavy atom. The molecule has 8 nitrogen and oxygen atoms in total. The minimum atomic E-state index is -0.714. The topological polar surface area (TPSA) is 116 Å². The lowest BCUT2D eigenvalue weighted by Crippen LogP contribution is -2.18. The van der Waals surface area contributed by atoms with E-state index in [1.165, 1.54) is 25.7 Å². The molecule has 2 aromatic heterocycles. The monoisotopic (exact) mass is 421 g/mol. The smallest absolute Gasteiger partial charge is 0.256 e. The molecule has 162 valence electrons. The fourth-order valence-electron chi connectivity index (χ4n) is 4.40. The summed E-state index contributed by atoms with van der Waals surface area (Å²) in [5.74, 6) is -0.329. The predicted molar refractivity (Wildman–Crippen MR) is 117 cm³/mol. The lowest BCUT2D eigenvalue weighted by molar-refractivity contribution is -0.116. The molecule has 0 unspecified atom stereocenters. The van der Waals surface area contributed by atoms with E-state index >= 15 is 0 Å². The van der Waals surface area contributed by atoms with Crippen LogP contribution in [0.5, 0.6) is 0 Å². The number of nitrogens with zero attached hydrogens (tertiary/aromatic N) is 3. The molecule has 2 amide bonds. The van der Waals surface area contributed by atoms with Crippen LogP contribution in [-0.2, 0) is 4.79 Å². The minimum Gasteiger partial charge on any atom is -0.365 e. The fourth-order valence-corrected chi connectivity index (χ4v) is 4.40. The van der Waals surface area contributed by atoms with Gasteiger partial charge in [0.05, 0.1) is 17.1 Å². The average Bonchev–Trinajstić information content (AvgIpc) is 3.47. The largest absolute Gasteiger partial charge is 0.365 e. The highest BCUT2D eigenvalue weighted by Crippen LogP contribution is 2.34. The number of benzene rings is 1. The summed E-state index contributed by atoms with van der Waals surface area (Å²) in [6.07, 6.45) is 6.04. The maximum atomic E-state index is 12.4. The van der Waals surface area contributed by atoms with E-state index in [2.05, 4.69) is 15.6 Å². The van der Waals surface area contributed by atoms with Gasteiger partial charge in [-0.3, -0.25) is 14.9 Å². The van der Waals surface area contributed by atoms with Crippen LogP contribution in [0.3, 0.4) is 0 Å². The van der Waals surface area contributed by atoms with Gasteiger partial charge < -0.3 is 10.3 Å². The summed E-state index contributed by atoms with van der Waals surface area (Å²) in [5, 5.41) is 11.4. The third kappa shape index (κ3) is 4.23. The van der Waals surface area contributed by atoms with Crippen LogP contribution in [0.4, 0.5) is 5.88 Å². The minimum absolute atomic E-state index is 0.00909. The molecular weight excluding hydrogens is 394 g/mol. The SMILES string of the molecule is Cc1nn(-c2ccccc2)c(C)c1-c1noc(NC(=O)CCC2CCCC2)c1C(N)=O. The van der Waals surface area contributed by atoms with Gasteiger partial charge in [0, 0.05) is 12.0 Å². The number of hydrogen-bond acceptors (Lipinski definition) is 5. The number of para-hydroxylation sites is 1. The molecule has 8 heteroatoms. The number of primary amides is 1. The zero-order valence-electron chi connectivity index (χ0n) is 17.9. The van der Waals surface area contributed by atoms with E-state index in [-0.39, 0.29) is 23.0 Å². The number of aromatic nitrogens is 3. The van der Waals surface area contributed by atoms with Gasteiger partial charge in [0.25, 0.3) is 5.91 Å². The van der Waals surface area contributed by atoms with Gasteiger partial charge in [0.1, 0.15) is 11.3 Å². The van der Waals surface area contributed by atoms with E-state index in [1.54, 1.807) is 4.68 Å². The molecule has 2 heterocycles. The normalized spacial score (nSPS) is 14.1. The van der Waals surface area contributed by atoms with E-state index in [0.717, 1.165) is 17.8 Å². The molecule has 3 N–H and O–H groups in total. The molecule has 4 rings (SSSR count). The summed E-state index contributed by atoms with van der Waals surface area (Å²) in [6, 6.07) is 9.67. The predicted octanol–water partition coefficient (Wildman–Crippen LogP) is 4.15. The molecule has 3 aromatic rings. The van der Waals surface area contributed by atoms with E-state index in [1.807, 2.05) is 44.2 Å². The van der Waals surface area contributed by atoms with Crippen molar-refractivity contribution in [2.75, 3.05) is 5.32 Å². The van der Waals surface area contributed by atoms with Crippen LogP contribution < -0.4 is 11.1 Å². The number of carbonyl (C=O) groups excluding carboxylic acids is 2. The van der Waals surface area contributed by atoms with Crippen LogP contribution in [0.2, 0.25) is 0 Å². The molecule has 0 aliphatic heterocycles. The molecule has 1 saturated carbocycles. The van der Waals surface area contributed by atoms with Crippen molar-refractivity contribution in [2.24, 2.45) is 11.7 Å². The highest BCUT2D eigenvalue weighted by atomic mass is 16.5. The zero-order valence-corrected chi connectivity index (χ0v) is 17.9. The van der Waals surface area contributed by atoms with Gasteiger partial charge >= 0.3 is 0 Å². The van der Waals surface area contributed by atoms with Crippen LogP contribution in [-0.4, -0.2) is 26.8 Å². The summed E-state index contributed by atoms with van der Waals surface area (Å²) in [4.78, 5) is 24.7. The van der Waals surface area contributed by atoms with Crippen molar-refractivity contribution in [1.29, 1.82) is 0 Å². The summed E-state index contributed by atoms with van der Waals surface area (Å²) in [7, 11) is 0. The van der Waals surface area contributed by atoms with Crippen molar-refractivity contribution in [3.05, 3.63) is 47.3 Å². The number of nitrogens with two attached hydrogens (primary N) is 1. The third-order valence-electron chi connectivity index (χ3n) is 5.97. The van der Waals surface area contributed by atoms with Gasteiger partial charge in [0.2, 0.25) is 11.8 Å². The standard InChI is InChI=1S/C23H27N5O3/c1-14-19(15(2)28(26-14)17-10-4-3-5-11-17)21-20(22(24)30)23(31-27-21)25-18(29)13-12-16-8-6-7-9-16/h3-5,10-11,16H,6-9,12-13H2,1-2H3,(H2,24,30)(H,25,29). The Hall–Kier alpha value is -3.42. The first kappa shape index (κ1) is 20.8. The van der Waals surface area contributed by atoms with Gasteiger partial charge in [-0.1, -0.05) is 49.0 Å². The van der Waals surface area contributed by atoms with Gasteiger partial charge in [-0.2, -0.15) is 5.10 Å². The number of aryl methyl sites for hydroxylation is 1. The van der Waals surface area contributed by atoms with Crippen LogP contribution in [0.1, 0.15) is 60.3 Å². The Labute approximate surface area is 180 Å². The van der Waals surface area contributed by atoms with Crippen LogP contribution in [0.25, 0.3) is 16.9 Å². The molecule has 0 atom stereocenters. The van der Waals surface area contributed by atoms with Gasteiger partial charge in [0.15, 0.2) is 0 Å². The van der Waals surface area contributed by atoms with E-state index in [0.29, 0.717) is 23.6 Å². The van der Waals surface area contributed by atoms with E-state index in [9.17, 15) is 9.59 Å². The van der Waals surface area contributed by atoms with Crippen LogP contribution >= 0.6 is 0 Å². The Morgan fingerprint density at radius 3 is 2.58 bits per heavy atom. The van der Waals surface area contributed by atoms with Crippen molar-refractivity contribution >= 4 is 17.7 Å². The lowest BCUT2D eigenvalue weighted by atomic mass is 10.0. The second-order valence-electron chi connectivity index (χ2n) is 8.13. The Bertz CT molecular complexity index is 1090. The maximum Gasteiger partial charge on any atom is 0.256 e. The zero-order chi connectivity index (χ0) is 22.0. The maximum absolute atomic E-state index is 12.4. The Morgan fingerprint density at radius 2 is 1.90 bits per heavy atom. The molecular formula is C23H27N5O3. The lowest BCUT2D eigenvalue weighted by Gasteiger charge is -2.08. The number of nitrogens with one attached hydrogen (secondary N) is 1. The molecule has 0 bridgehead atoms. The Balaban J connectivity index is 1.61. The summed E-state index contributed by atoms with van der Waals surface area (Å²) >= 11 is 0. The highest BCUT2D eigenvalue weighted by molar-refractivity contribution is 6.06. The molecule has 1 aromatic carbocycles. The van der Waals surface area contributed by atoms with Crippen molar-refractivity contribution in [1.82, 2.24) is 14.9 Å². The van der Waals surface area contributed by atoms with Crippen molar-refractivity contribution in [3.8, 4) is 16.9 Å². The van der Waals surface area contributed by atoms with E-state index in [4.69, 9.17) is 10.3 Å². The van der Waals surface area contributed by atoms with Gasteiger partial charge in [-0.05, 0) is 38.3 Å². The first-order valence-electron chi connectivity index (χ1n) is 10.7. The number of anilines is 1. The average molecular weight is 422 g/mol. The summed E-state index contributed by atoms with van der Waals surface area (Å²) in [6.45, 7) is 3.72. The Kier molecular flexibility index (Phi) is 5.88. The molecule has 1 aliphatic rings. The highest BCUT2D eigenvalue weighted by Gasteiger charge is 2.28. The molecule has 31 heavy (non-hydrogen) atoms. The summed E-state index contributed by atoms with van der Waals surface area (Å²) in [5.41, 5.74) is 9.01. The van der Waals surface area contributed by atoms with Crippen molar-refractivity contribution in [2.45, 2.75) is 52.4 Å². The second-order valence-corrected chi connectivity index (χ2v) is 8.13. The number of amides is 2. The van der Waals surface area contributed by atoms with Gasteiger partial charge in [-0.15, -0.1) is 0 Å². The van der Waals surface area contributed by atoms with Crippen molar-refractivity contribution in [3.63, 3.8) is 0 Å². The number of carbonyl (C=O) groups is 2. The number of rotatable bonds is 7. The first-order valence-corrected chi connectivity index (χ1v) is 10.7. The third-order valence-corrected chi connectivity index (χ3v) is 5.97. The van der Waals surface area contributed by atoms with Crippen LogP contribution in [0, 0.1) is 19.8 Å². The molecule has 0 radical (unpaired) electrons. The molecule has 1 aliphatic carbocycles. The van der Waals surface area contributed by atoms with Crippen LogP contribution in [0.15, 0.2) is 34.9 Å². The second kappa shape index (κ2) is 8.75. The summed E-state index contributed by atoms with van der Waals surface area (Å²) < 4.78 is 7.14. The van der Waals surface area contributed by atoms with Crippen molar-refractivity contribution < 1.29 is 14.1 Å². The first-order chi connectivity index (χ1) is 15.0. The van der Waals surface area contributed by atoms with Gasteiger partial charge in [-0.25, -0.2) is 4.68 Å².